The van der Waals surface area contributed by atoms with Crippen LogP contribution < -0.4 is 9.64 Å². The number of nitrogens with zero attached hydrogens (tertiary/aromatic N) is 3. The molecular weight excluding hydrogens is 340 g/mol. The Bertz CT molecular complexity index is 848. The zero-order valence-corrected chi connectivity index (χ0v) is 14.1. The van der Waals surface area contributed by atoms with Crippen LogP contribution in [0.25, 0.3) is 0 Å². The predicted molar refractivity (Wildman–Crippen MR) is 96.3 cm³/mol. The molecule has 26 heavy (non-hydrogen) atoms. The van der Waals surface area contributed by atoms with E-state index in [1.54, 1.807) is 17.0 Å². The van der Waals surface area contributed by atoms with Crippen molar-refractivity contribution in [2.24, 2.45) is 10.2 Å². The van der Waals surface area contributed by atoms with Crippen molar-refractivity contribution in [2.75, 3.05) is 11.4 Å². The monoisotopic (exact) mass is 357 g/mol. The van der Waals surface area contributed by atoms with Crippen LogP contribution in [0.4, 0.5) is 14.5 Å². The maximum atomic E-state index is 12.6. The zero-order valence-electron chi connectivity index (χ0n) is 14.1. The van der Waals surface area contributed by atoms with Crippen molar-refractivity contribution in [1.82, 2.24) is 0 Å². The van der Waals surface area contributed by atoms with Gasteiger partial charge < -0.3 is 9.64 Å². The number of alkyl halides is 2. The minimum absolute atomic E-state index is 0.0681. The fraction of sp³-hybridized carbons (Fsp3) is 0.211. The zero-order chi connectivity index (χ0) is 18.5. The van der Waals surface area contributed by atoms with Gasteiger partial charge in [-0.3, -0.25) is 4.79 Å². The summed E-state index contributed by atoms with van der Waals surface area (Å²) in [6.07, 6.45) is 2.29. The second kappa shape index (κ2) is 7.86. The number of carbonyl (C=O) groups excluding carboxylic acids is 1. The lowest BCUT2D eigenvalue weighted by molar-refractivity contribution is -0.112. The molecule has 5 nitrogen and oxygen atoms in total. The number of halogens is 2. The third-order valence-corrected chi connectivity index (χ3v) is 3.81. The third-order valence-electron chi connectivity index (χ3n) is 3.81. The molecule has 2 aromatic rings. The van der Waals surface area contributed by atoms with Gasteiger partial charge in [-0.1, -0.05) is 25.1 Å². The molecule has 1 heterocycles. The van der Waals surface area contributed by atoms with Crippen LogP contribution in [-0.2, 0) is 4.79 Å². The molecule has 134 valence electrons. The van der Waals surface area contributed by atoms with Crippen LogP contribution in [0, 0.1) is 0 Å². The van der Waals surface area contributed by atoms with Crippen molar-refractivity contribution < 1.29 is 18.3 Å². The smallest absolute Gasteiger partial charge is 0.387 e. The summed E-state index contributed by atoms with van der Waals surface area (Å²) in [7, 11) is 0. The lowest BCUT2D eigenvalue weighted by atomic mass is 10.1. The molecule has 2 aromatic carbocycles. The molecule has 0 unspecified atom stereocenters. The van der Waals surface area contributed by atoms with Gasteiger partial charge in [0, 0.05) is 12.1 Å². The number of benzene rings is 2. The van der Waals surface area contributed by atoms with Crippen molar-refractivity contribution in [1.29, 1.82) is 0 Å². The summed E-state index contributed by atoms with van der Waals surface area (Å²) >= 11 is 0. The van der Waals surface area contributed by atoms with E-state index in [-0.39, 0.29) is 11.7 Å². The lowest BCUT2D eigenvalue weighted by Crippen LogP contribution is -2.30. The molecule has 1 amide bonds. The topological polar surface area (TPSA) is 54.3 Å². The van der Waals surface area contributed by atoms with Crippen LogP contribution >= 0.6 is 0 Å². The number of fused-ring (bicyclic) bond motifs is 1. The number of ether oxygens (including phenoxy) is 1. The van der Waals surface area contributed by atoms with Crippen LogP contribution in [-0.4, -0.2) is 31.0 Å². The van der Waals surface area contributed by atoms with Gasteiger partial charge in [-0.15, -0.1) is 5.10 Å². The molecule has 1 aliphatic heterocycles. The second-order valence-electron chi connectivity index (χ2n) is 5.61. The summed E-state index contributed by atoms with van der Waals surface area (Å²) in [6.45, 7) is -0.241. The van der Waals surface area contributed by atoms with Crippen molar-refractivity contribution in [3.05, 3.63) is 59.7 Å². The van der Waals surface area contributed by atoms with Gasteiger partial charge in [0.05, 0.1) is 11.9 Å². The summed E-state index contributed by atoms with van der Waals surface area (Å²) < 4.78 is 28.6. The fourth-order valence-electron chi connectivity index (χ4n) is 2.69. The molecule has 0 saturated heterocycles. The highest BCUT2D eigenvalue weighted by Gasteiger charge is 2.33. The van der Waals surface area contributed by atoms with Crippen LogP contribution in [0.2, 0.25) is 0 Å². The van der Waals surface area contributed by atoms with E-state index in [2.05, 4.69) is 14.9 Å². The molecule has 0 radical (unpaired) electrons. The molecule has 0 aromatic heterocycles. The quantitative estimate of drug-likeness (QED) is 0.582. The average molecular weight is 357 g/mol. The summed E-state index contributed by atoms with van der Waals surface area (Å²) in [4.78, 5) is 14.3. The van der Waals surface area contributed by atoms with Crippen molar-refractivity contribution in [3.8, 4) is 5.75 Å². The molecule has 7 heteroatoms. The average Bonchev–Trinajstić information content (AvgIpc) is 2.89. The molecule has 0 saturated carbocycles. The Labute approximate surface area is 149 Å². The highest BCUT2D eigenvalue weighted by molar-refractivity contribution is 6.54. The van der Waals surface area contributed by atoms with Crippen molar-refractivity contribution in [3.63, 3.8) is 0 Å². The number of hydrogen-bond acceptors (Lipinski definition) is 4. The minimum atomic E-state index is -2.86. The first-order valence-electron chi connectivity index (χ1n) is 8.17. The minimum Gasteiger partial charge on any atom is -0.435 e. The van der Waals surface area contributed by atoms with E-state index in [1.807, 2.05) is 31.2 Å². The molecule has 0 atom stereocenters. The molecule has 0 N–H and O–H groups in total. The Morgan fingerprint density at radius 2 is 1.88 bits per heavy atom. The molecule has 0 spiro atoms. The van der Waals surface area contributed by atoms with E-state index in [4.69, 9.17) is 0 Å². The maximum absolute atomic E-state index is 12.6. The van der Waals surface area contributed by atoms with Crippen LogP contribution in [0.3, 0.4) is 0 Å². The van der Waals surface area contributed by atoms with E-state index >= 15 is 0 Å². The van der Waals surface area contributed by atoms with Crippen LogP contribution in [0.5, 0.6) is 5.75 Å². The first kappa shape index (κ1) is 17.7. The normalized spacial score (nSPS) is 15.3. The van der Waals surface area contributed by atoms with Gasteiger partial charge in [0.1, 0.15) is 5.75 Å². The largest absolute Gasteiger partial charge is 0.435 e. The summed E-state index contributed by atoms with van der Waals surface area (Å²) in [5, 5.41) is 8.07. The number of para-hydroxylation sites is 1. The molecule has 1 aliphatic rings. The number of rotatable bonds is 6. The van der Waals surface area contributed by atoms with Crippen molar-refractivity contribution in [2.45, 2.75) is 20.0 Å². The number of hydrogen-bond donors (Lipinski definition) is 0. The number of anilines is 1. The Kier molecular flexibility index (Phi) is 5.36. The standard InChI is InChI=1S/C19H17F2N3O2/c1-2-11-24-16-6-4-3-5-15(16)17(18(24)25)23-22-12-13-7-9-14(10-8-13)26-19(20)21/h3-10,12,19H,2,11H2,1H3/b22-12-,23-17+. The highest BCUT2D eigenvalue weighted by Crippen LogP contribution is 2.29. The molecule has 0 fully saturated rings. The fourth-order valence-corrected chi connectivity index (χ4v) is 2.69. The summed E-state index contributed by atoms with van der Waals surface area (Å²) in [5.74, 6) is -0.107. The van der Waals surface area contributed by atoms with Gasteiger partial charge in [-0.2, -0.15) is 13.9 Å². The predicted octanol–water partition coefficient (Wildman–Crippen LogP) is 3.87. The molecule has 3 rings (SSSR count). The van der Waals surface area contributed by atoms with E-state index in [9.17, 15) is 13.6 Å². The molecule has 0 aliphatic carbocycles. The van der Waals surface area contributed by atoms with Gasteiger partial charge in [-0.25, -0.2) is 0 Å². The van der Waals surface area contributed by atoms with E-state index in [0.29, 0.717) is 17.8 Å². The highest BCUT2D eigenvalue weighted by atomic mass is 19.3. The van der Waals surface area contributed by atoms with E-state index in [0.717, 1.165) is 17.7 Å². The Morgan fingerprint density at radius 3 is 2.58 bits per heavy atom. The number of carbonyl (C=O) groups is 1. The maximum Gasteiger partial charge on any atom is 0.387 e. The Balaban J connectivity index is 1.79. The lowest BCUT2D eigenvalue weighted by Gasteiger charge is -2.14. The van der Waals surface area contributed by atoms with Gasteiger partial charge >= 0.3 is 6.61 Å². The Morgan fingerprint density at radius 1 is 1.15 bits per heavy atom. The summed E-state index contributed by atoms with van der Waals surface area (Å²) in [5.41, 5.74) is 2.54. The Hall–Kier alpha value is -3.09. The number of amides is 1. The SMILES string of the molecule is CCCN1C(=O)/C(=N/N=C\c2ccc(OC(F)F)cc2)c2ccccc21. The van der Waals surface area contributed by atoms with E-state index in [1.165, 1.54) is 18.3 Å². The van der Waals surface area contributed by atoms with E-state index < -0.39 is 6.61 Å². The molecular formula is C19H17F2N3O2. The summed E-state index contributed by atoms with van der Waals surface area (Å²) in [6, 6.07) is 13.4. The first-order chi connectivity index (χ1) is 12.6. The van der Waals surface area contributed by atoms with Gasteiger partial charge in [-0.05, 0) is 42.3 Å². The first-order valence-corrected chi connectivity index (χ1v) is 8.17. The molecule has 0 bridgehead atoms. The van der Waals surface area contributed by atoms with Crippen LogP contribution in [0.1, 0.15) is 24.5 Å². The van der Waals surface area contributed by atoms with Crippen molar-refractivity contribution >= 4 is 23.5 Å². The second-order valence-corrected chi connectivity index (χ2v) is 5.61. The van der Waals surface area contributed by atoms with Gasteiger partial charge in [0.2, 0.25) is 0 Å². The van der Waals surface area contributed by atoms with Crippen LogP contribution in [0.15, 0.2) is 58.7 Å². The third kappa shape index (κ3) is 3.77. The van der Waals surface area contributed by atoms with Gasteiger partial charge in [0.25, 0.3) is 5.91 Å². The van der Waals surface area contributed by atoms with Gasteiger partial charge in [0.15, 0.2) is 5.71 Å².